The van der Waals surface area contributed by atoms with Gasteiger partial charge in [-0.05, 0) is 13.0 Å². The topological polar surface area (TPSA) is 92.8 Å². The van der Waals surface area contributed by atoms with Gasteiger partial charge in [0.2, 0.25) is 5.76 Å². The number of aromatic nitrogens is 1. The average Bonchev–Trinajstić information content (AvgIpc) is 2.84. The Morgan fingerprint density at radius 1 is 1.47 bits per heavy atom. The zero-order valence-corrected chi connectivity index (χ0v) is 10.9. The Labute approximate surface area is 113 Å². The predicted molar refractivity (Wildman–Crippen MR) is 66.9 cm³/mol. The summed E-state index contributed by atoms with van der Waals surface area (Å²) in [5.41, 5.74) is 0.895. The molecule has 1 aromatic carbocycles. The number of phenolic OH excluding ortho intramolecular Hbond substituents is 1. The van der Waals surface area contributed by atoms with Gasteiger partial charge in [-0.25, -0.2) is 4.79 Å². The molecule has 0 amide bonds. The molecule has 0 unspecified atom stereocenters. The molecule has 0 bridgehead atoms. The lowest BCUT2D eigenvalue weighted by atomic mass is 10.1. The van der Waals surface area contributed by atoms with Crippen LogP contribution in [0.5, 0.6) is 11.5 Å². The summed E-state index contributed by atoms with van der Waals surface area (Å²) in [6.07, 6.45) is 0. The third-order valence-corrected chi connectivity index (χ3v) is 2.92. The van der Waals surface area contributed by atoms with Crippen LogP contribution in [-0.4, -0.2) is 28.4 Å². The van der Waals surface area contributed by atoms with Crippen LogP contribution >= 0.6 is 11.6 Å². The first-order valence-electron chi connectivity index (χ1n) is 5.22. The molecule has 2 aromatic rings. The van der Waals surface area contributed by atoms with E-state index in [1.54, 1.807) is 6.92 Å². The molecule has 100 valence electrons. The van der Waals surface area contributed by atoms with Crippen LogP contribution in [0.4, 0.5) is 0 Å². The van der Waals surface area contributed by atoms with Gasteiger partial charge < -0.3 is 19.5 Å². The fourth-order valence-corrected chi connectivity index (χ4v) is 2.03. The number of rotatable bonds is 3. The number of phenols is 1. The highest BCUT2D eigenvalue weighted by Crippen LogP contribution is 2.41. The Hall–Kier alpha value is -2.21. The van der Waals surface area contributed by atoms with Gasteiger partial charge >= 0.3 is 5.97 Å². The Bertz CT molecular complexity index is 650. The van der Waals surface area contributed by atoms with Gasteiger partial charge in [-0.15, -0.1) is 0 Å². The van der Waals surface area contributed by atoms with E-state index in [0.717, 1.165) is 0 Å². The lowest BCUT2D eigenvalue weighted by Gasteiger charge is -2.11. The number of aromatic hydroxyl groups is 1. The summed E-state index contributed by atoms with van der Waals surface area (Å²) in [7, 11) is 1.44. The lowest BCUT2D eigenvalue weighted by Crippen LogP contribution is -1.92. The molecule has 2 N–H and O–H groups in total. The molecular weight excluding hydrogens is 274 g/mol. The summed E-state index contributed by atoms with van der Waals surface area (Å²) >= 11 is 6.02. The van der Waals surface area contributed by atoms with Crippen molar-refractivity contribution in [2.75, 3.05) is 7.11 Å². The van der Waals surface area contributed by atoms with Gasteiger partial charge in [-0.1, -0.05) is 16.8 Å². The summed E-state index contributed by atoms with van der Waals surface area (Å²) in [5.74, 6) is -1.30. The van der Waals surface area contributed by atoms with Crippen molar-refractivity contribution in [1.82, 2.24) is 5.16 Å². The largest absolute Gasteiger partial charge is 0.507 e. The minimum Gasteiger partial charge on any atom is -0.507 e. The Kier molecular flexibility index (Phi) is 3.35. The molecule has 0 saturated heterocycles. The van der Waals surface area contributed by atoms with Crippen molar-refractivity contribution < 1.29 is 24.3 Å². The Balaban J connectivity index is 2.59. The van der Waals surface area contributed by atoms with E-state index in [1.165, 1.54) is 19.2 Å². The molecule has 0 radical (unpaired) electrons. The number of methoxy groups -OCH3 is 1. The van der Waals surface area contributed by atoms with E-state index in [-0.39, 0.29) is 27.8 Å². The molecule has 6 nitrogen and oxygen atoms in total. The molecule has 0 aliphatic rings. The molecule has 7 heteroatoms. The van der Waals surface area contributed by atoms with Crippen molar-refractivity contribution in [3.63, 3.8) is 0 Å². The number of aromatic carboxylic acids is 1. The summed E-state index contributed by atoms with van der Waals surface area (Å²) in [4.78, 5) is 10.7. The molecule has 19 heavy (non-hydrogen) atoms. The highest BCUT2D eigenvalue weighted by atomic mass is 35.5. The summed E-state index contributed by atoms with van der Waals surface area (Å²) < 4.78 is 9.70. The van der Waals surface area contributed by atoms with Crippen molar-refractivity contribution in [1.29, 1.82) is 0 Å². The van der Waals surface area contributed by atoms with Gasteiger partial charge in [0.15, 0.2) is 0 Å². The van der Waals surface area contributed by atoms with Gasteiger partial charge in [0.1, 0.15) is 17.2 Å². The number of carboxylic acid groups (broad SMARTS) is 1. The number of benzene rings is 1. The second kappa shape index (κ2) is 4.81. The van der Waals surface area contributed by atoms with Crippen LogP contribution in [0, 0.1) is 6.92 Å². The normalized spacial score (nSPS) is 10.5. The van der Waals surface area contributed by atoms with E-state index in [9.17, 15) is 9.90 Å². The first-order valence-corrected chi connectivity index (χ1v) is 5.60. The minimum atomic E-state index is -1.24. The van der Waals surface area contributed by atoms with Crippen molar-refractivity contribution in [2.24, 2.45) is 0 Å². The second-order valence-electron chi connectivity index (χ2n) is 3.79. The molecule has 1 heterocycles. The summed E-state index contributed by atoms with van der Waals surface area (Å²) in [5, 5.41) is 22.7. The highest BCUT2D eigenvalue weighted by molar-refractivity contribution is 6.32. The van der Waals surface area contributed by atoms with Gasteiger partial charge in [0, 0.05) is 17.2 Å². The number of halogens is 1. The monoisotopic (exact) mass is 283 g/mol. The van der Waals surface area contributed by atoms with Gasteiger partial charge in [-0.2, -0.15) is 0 Å². The van der Waals surface area contributed by atoms with Crippen LogP contribution in [0.15, 0.2) is 16.7 Å². The quantitative estimate of drug-likeness (QED) is 0.899. The van der Waals surface area contributed by atoms with Crippen molar-refractivity contribution in [3.8, 4) is 22.8 Å². The van der Waals surface area contributed by atoms with Crippen molar-refractivity contribution in [2.45, 2.75) is 6.92 Å². The van der Waals surface area contributed by atoms with Gasteiger partial charge in [0.05, 0.1) is 12.1 Å². The van der Waals surface area contributed by atoms with Crippen molar-refractivity contribution in [3.05, 3.63) is 28.5 Å². The third-order valence-electron chi connectivity index (χ3n) is 2.64. The number of hydrogen-bond donors (Lipinski definition) is 2. The van der Waals surface area contributed by atoms with E-state index in [4.69, 9.17) is 21.4 Å². The predicted octanol–water partition coefficient (Wildman–Crippen LogP) is 2.72. The van der Waals surface area contributed by atoms with Crippen LogP contribution < -0.4 is 4.74 Å². The van der Waals surface area contributed by atoms with E-state index < -0.39 is 5.97 Å². The standard InChI is InChI=1S/C12H10ClNO5/c1-5-10(15)6(3-7(13)11(5)18-2)8-4-9(12(16)17)19-14-8/h3-4,15H,1-2H3,(H,16,17). The second-order valence-corrected chi connectivity index (χ2v) is 4.20. The van der Waals surface area contributed by atoms with Crippen LogP contribution in [0.25, 0.3) is 11.3 Å². The maximum Gasteiger partial charge on any atom is 0.374 e. The number of carbonyl (C=O) groups is 1. The highest BCUT2D eigenvalue weighted by Gasteiger charge is 2.19. The van der Waals surface area contributed by atoms with Crippen molar-refractivity contribution >= 4 is 17.6 Å². The van der Waals surface area contributed by atoms with E-state index in [1.807, 2.05) is 0 Å². The summed E-state index contributed by atoms with van der Waals surface area (Å²) in [6, 6.07) is 2.64. The molecule has 0 atom stereocenters. The first kappa shape index (κ1) is 13.2. The Morgan fingerprint density at radius 3 is 2.68 bits per heavy atom. The number of ether oxygens (including phenoxy) is 1. The minimum absolute atomic E-state index is 0.0912. The number of hydrogen-bond acceptors (Lipinski definition) is 5. The molecule has 1 aromatic heterocycles. The van der Waals surface area contributed by atoms with Crippen LogP contribution in [-0.2, 0) is 0 Å². The van der Waals surface area contributed by atoms with Gasteiger partial charge in [-0.3, -0.25) is 0 Å². The average molecular weight is 284 g/mol. The van der Waals surface area contributed by atoms with E-state index in [2.05, 4.69) is 9.68 Å². The Morgan fingerprint density at radius 2 is 2.16 bits per heavy atom. The number of nitrogens with zero attached hydrogens (tertiary/aromatic N) is 1. The van der Waals surface area contributed by atoms with Crippen LogP contribution in [0.1, 0.15) is 16.1 Å². The fourth-order valence-electron chi connectivity index (χ4n) is 1.70. The smallest absolute Gasteiger partial charge is 0.374 e. The maximum absolute atomic E-state index is 10.7. The first-order chi connectivity index (χ1) is 8.95. The van der Waals surface area contributed by atoms with Gasteiger partial charge in [0.25, 0.3) is 0 Å². The summed E-state index contributed by atoms with van der Waals surface area (Å²) in [6.45, 7) is 1.63. The number of carboxylic acids is 1. The molecule has 0 aliphatic carbocycles. The third kappa shape index (κ3) is 2.22. The molecule has 2 rings (SSSR count). The zero-order valence-electron chi connectivity index (χ0n) is 10.1. The zero-order chi connectivity index (χ0) is 14.2. The SMILES string of the molecule is COc1c(Cl)cc(-c2cc(C(=O)O)on2)c(O)c1C. The van der Waals surface area contributed by atoms with E-state index in [0.29, 0.717) is 11.3 Å². The lowest BCUT2D eigenvalue weighted by molar-refractivity contribution is 0.0652. The van der Waals surface area contributed by atoms with E-state index >= 15 is 0 Å². The molecule has 0 fully saturated rings. The molecule has 0 aliphatic heterocycles. The molecular formula is C12H10ClNO5. The van der Waals surface area contributed by atoms with Crippen LogP contribution in [0.3, 0.4) is 0 Å². The van der Waals surface area contributed by atoms with Crippen LogP contribution in [0.2, 0.25) is 5.02 Å². The fraction of sp³-hybridized carbons (Fsp3) is 0.167. The molecule has 0 saturated carbocycles. The maximum atomic E-state index is 10.7. The molecule has 0 spiro atoms.